The van der Waals surface area contributed by atoms with Crippen molar-refractivity contribution in [2.45, 2.75) is 32.7 Å². The summed E-state index contributed by atoms with van der Waals surface area (Å²) in [5.74, 6) is -1.55. The van der Waals surface area contributed by atoms with Crippen molar-refractivity contribution in [3.05, 3.63) is 23.5 Å². The van der Waals surface area contributed by atoms with Crippen LogP contribution in [0.2, 0.25) is 19.6 Å². The highest BCUT2D eigenvalue weighted by Crippen LogP contribution is 2.34. The predicted octanol–water partition coefficient (Wildman–Crippen LogP) is 3.79. The van der Waals surface area contributed by atoms with Crippen LogP contribution in [0.1, 0.15) is 12.5 Å². The molecule has 0 bridgehead atoms. The van der Waals surface area contributed by atoms with E-state index in [9.17, 15) is 17.6 Å². The van der Waals surface area contributed by atoms with Crippen LogP contribution >= 0.6 is 0 Å². The third kappa shape index (κ3) is 3.04. The van der Waals surface area contributed by atoms with Gasteiger partial charge in [0.15, 0.2) is 11.6 Å². The van der Waals surface area contributed by atoms with Crippen LogP contribution in [0.25, 0.3) is 0 Å². The van der Waals surface area contributed by atoms with Gasteiger partial charge in [-0.15, -0.1) is 0 Å². The molecule has 0 aliphatic heterocycles. The molecule has 1 nitrogen and oxygen atoms in total. The molecule has 0 aromatic heterocycles. The molecule has 1 aromatic rings. The van der Waals surface area contributed by atoms with Gasteiger partial charge in [0.2, 0.25) is 0 Å². The zero-order valence-corrected chi connectivity index (χ0v) is 11.8. The minimum atomic E-state index is -4.70. The molecule has 0 saturated heterocycles. The Balaban J connectivity index is 3.48. The van der Waals surface area contributed by atoms with Crippen LogP contribution in [0, 0.1) is 5.82 Å². The molecule has 0 unspecified atom stereocenters. The van der Waals surface area contributed by atoms with E-state index in [0.29, 0.717) is 5.19 Å². The van der Waals surface area contributed by atoms with Gasteiger partial charge in [-0.1, -0.05) is 25.7 Å². The Hall–Kier alpha value is -1.04. The predicted molar refractivity (Wildman–Crippen MR) is 65.6 cm³/mol. The number of hydrogen-bond acceptors (Lipinski definition) is 1. The van der Waals surface area contributed by atoms with Gasteiger partial charge in [-0.05, 0) is 18.2 Å². The van der Waals surface area contributed by atoms with Crippen molar-refractivity contribution in [3.8, 4) is 5.75 Å². The van der Waals surface area contributed by atoms with Gasteiger partial charge in [-0.25, -0.2) is 4.39 Å². The van der Waals surface area contributed by atoms with Crippen molar-refractivity contribution in [3.63, 3.8) is 0 Å². The second kappa shape index (κ2) is 4.91. The summed E-state index contributed by atoms with van der Waals surface area (Å²) in [4.78, 5) is 0. The normalized spacial score (nSPS) is 12.7. The monoisotopic (exact) mass is 280 g/mol. The average molecular weight is 280 g/mol. The number of ether oxygens (including phenoxy) is 1. The molecule has 0 amide bonds. The Kier molecular flexibility index (Phi) is 4.10. The molecule has 0 saturated carbocycles. The van der Waals surface area contributed by atoms with E-state index in [1.165, 1.54) is 6.07 Å². The van der Waals surface area contributed by atoms with Crippen molar-refractivity contribution < 1.29 is 22.3 Å². The lowest BCUT2D eigenvalue weighted by Gasteiger charge is -2.22. The second-order valence-electron chi connectivity index (χ2n) is 4.98. The highest BCUT2D eigenvalue weighted by atomic mass is 28.3. The summed E-state index contributed by atoms with van der Waals surface area (Å²) < 4.78 is 56.9. The van der Waals surface area contributed by atoms with Gasteiger partial charge in [-0.2, -0.15) is 13.2 Å². The van der Waals surface area contributed by atoms with Crippen LogP contribution in [-0.2, 0) is 6.18 Å². The maximum atomic E-state index is 13.9. The fourth-order valence-corrected chi connectivity index (χ4v) is 3.10. The maximum Gasteiger partial charge on any atom is 0.419 e. The van der Waals surface area contributed by atoms with Gasteiger partial charge in [-0.3, -0.25) is 0 Å². The summed E-state index contributed by atoms with van der Waals surface area (Å²) in [7, 11) is -1.96. The minimum absolute atomic E-state index is 0.135. The van der Waals surface area contributed by atoms with Crippen molar-refractivity contribution in [2.24, 2.45) is 0 Å². The smallest absolute Gasteiger partial charge is 0.419 e. The molecule has 1 rings (SSSR count). The molecule has 6 heteroatoms. The van der Waals surface area contributed by atoms with Crippen LogP contribution in [0.4, 0.5) is 17.6 Å². The van der Waals surface area contributed by atoms with Gasteiger partial charge in [0.1, 0.15) is 0 Å². The first kappa shape index (κ1) is 15.0. The van der Waals surface area contributed by atoms with E-state index in [1.807, 2.05) is 19.6 Å². The average Bonchev–Trinajstić information content (AvgIpc) is 2.17. The Morgan fingerprint density at radius 3 is 2.11 bits per heavy atom. The molecular formula is C12H16F4OSi. The molecule has 18 heavy (non-hydrogen) atoms. The lowest BCUT2D eigenvalue weighted by molar-refractivity contribution is -0.140. The maximum absolute atomic E-state index is 13.9. The highest BCUT2D eigenvalue weighted by Gasteiger charge is 2.37. The molecule has 0 aliphatic carbocycles. The van der Waals surface area contributed by atoms with E-state index in [-0.39, 0.29) is 12.4 Å². The quantitative estimate of drug-likeness (QED) is 0.604. The lowest BCUT2D eigenvalue weighted by atomic mass is 10.2. The van der Waals surface area contributed by atoms with Gasteiger partial charge in [0, 0.05) is 0 Å². The number of alkyl halides is 3. The first-order chi connectivity index (χ1) is 8.09. The first-order valence-corrected chi connectivity index (χ1v) is 9.12. The summed E-state index contributed by atoms with van der Waals surface area (Å²) in [6.45, 7) is 7.54. The highest BCUT2D eigenvalue weighted by molar-refractivity contribution is 6.89. The minimum Gasteiger partial charge on any atom is -0.491 e. The van der Waals surface area contributed by atoms with E-state index >= 15 is 0 Å². The van der Waals surface area contributed by atoms with E-state index in [4.69, 9.17) is 4.74 Å². The van der Waals surface area contributed by atoms with E-state index < -0.39 is 25.6 Å². The van der Waals surface area contributed by atoms with E-state index in [2.05, 4.69) is 0 Å². The van der Waals surface area contributed by atoms with Crippen molar-refractivity contribution >= 4 is 13.3 Å². The number of benzene rings is 1. The summed E-state index contributed by atoms with van der Waals surface area (Å²) in [6.07, 6.45) is -4.70. The SMILES string of the molecule is CCOc1c([Si](C)(C)C)ccc(C(F)(F)F)c1F. The topological polar surface area (TPSA) is 9.23 Å². The third-order valence-corrected chi connectivity index (χ3v) is 4.51. The van der Waals surface area contributed by atoms with Gasteiger partial charge in [0.25, 0.3) is 0 Å². The molecule has 102 valence electrons. The third-order valence-electron chi connectivity index (χ3n) is 2.50. The zero-order chi connectivity index (χ0) is 14.1. The van der Waals surface area contributed by atoms with Gasteiger partial charge in [0.05, 0.1) is 20.2 Å². The molecule has 0 spiro atoms. The molecular weight excluding hydrogens is 264 g/mol. The molecule has 0 atom stereocenters. The largest absolute Gasteiger partial charge is 0.491 e. The number of halogens is 4. The van der Waals surface area contributed by atoms with Crippen LogP contribution in [0.15, 0.2) is 12.1 Å². The molecule has 0 fully saturated rings. The van der Waals surface area contributed by atoms with Gasteiger partial charge < -0.3 is 4.74 Å². The Morgan fingerprint density at radius 1 is 1.17 bits per heavy atom. The fraction of sp³-hybridized carbons (Fsp3) is 0.500. The molecule has 1 aromatic carbocycles. The number of rotatable bonds is 3. The molecule has 0 heterocycles. The standard InChI is InChI=1S/C12H16F4OSi/c1-5-17-11-9(18(2,3)4)7-6-8(10(11)13)12(14,15)16/h6-7H,5H2,1-4H3. The van der Waals surface area contributed by atoms with Crippen LogP contribution in [-0.4, -0.2) is 14.7 Å². The summed E-state index contributed by atoms with van der Waals surface area (Å²) >= 11 is 0. The zero-order valence-electron chi connectivity index (χ0n) is 10.8. The second-order valence-corrected chi connectivity index (χ2v) is 10.0. The van der Waals surface area contributed by atoms with E-state index in [0.717, 1.165) is 6.07 Å². The lowest BCUT2D eigenvalue weighted by Crippen LogP contribution is -2.39. The Labute approximate surface area is 105 Å². The summed E-state index contributed by atoms with van der Waals surface area (Å²) in [5.41, 5.74) is -1.27. The van der Waals surface area contributed by atoms with E-state index in [1.54, 1.807) is 6.92 Å². The fourth-order valence-electron chi connectivity index (χ4n) is 1.65. The van der Waals surface area contributed by atoms with Crippen LogP contribution in [0.5, 0.6) is 5.75 Å². The molecule has 0 radical (unpaired) electrons. The Bertz CT molecular complexity index is 435. The van der Waals surface area contributed by atoms with Crippen molar-refractivity contribution in [1.82, 2.24) is 0 Å². The Morgan fingerprint density at radius 2 is 1.72 bits per heavy atom. The van der Waals surface area contributed by atoms with Crippen LogP contribution in [0.3, 0.4) is 0 Å². The molecule has 0 aliphatic rings. The summed E-state index contributed by atoms with van der Waals surface area (Å²) in [5, 5.41) is 0.565. The van der Waals surface area contributed by atoms with Crippen molar-refractivity contribution in [2.75, 3.05) is 6.61 Å². The molecule has 0 N–H and O–H groups in total. The van der Waals surface area contributed by atoms with Gasteiger partial charge >= 0.3 is 6.18 Å². The summed E-state index contributed by atoms with van der Waals surface area (Å²) in [6, 6.07) is 2.13. The van der Waals surface area contributed by atoms with Crippen molar-refractivity contribution in [1.29, 1.82) is 0 Å². The van der Waals surface area contributed by atoms with Crippen LogP contribution < -0.4 is 9.92 Å². The first-order valence-electron chi connectivity index (χ1n) is 5.62. The number of hydrogen-bond donors (Lipinski definition) is 0.